The minimum atomic E-state index is -0.0795. The highest BCUT2D eigenvalue weighted by Gasteiger charge is 2.13. The fraction of sp³-hybridized carbons (Fsp3) is 0.600. The number of nitrogen functional groups attached to an aromatic ring is 1. The van der Waals surface area contributed by atoms with E-state index < -0.39 is 0 Å². The van der Waals surface area contributed by atoms with Crippen LogP contribution in [-0.4, -0.2) is 17.1 Å². The fourth-order valence-corrected chi connectivity index (χ4v) is 1.36. The molecule has 4 N–H and O–H groups in total. The van der Waals surface area contributed by atoms with Crippen molar-refractivity contribution in [3.63, 3.8) is 0 Å². The van der Waals surface area contributed by atoms with E-state index in [9.17, 15) is 0 Å². The summed E-state index contributed by atoms with van der Waals surface area (Å²) in [6, 6.07) is 0. The zero-order chi connectivity index (χ0) is 11.3. The minimum absolute atomic E-state index is 0.0795. The molecule has 15 heavy (non-hydrogen) atoms. The quantitative estimate of drug-likeness (QED) is 0.757. The summed E-state index contributed by atoms with van der Waals surface area (Å²) in [5.74, 6) is 1.08. The van der Waals surface area contributed by atoms with E-state index in [0.29, 0.717) is 18.2 Å². The van der Waals surface area contributed by atoms with Crippen molar-refractivity contribution in [2.75, 3.05) is 12.8 Å². The molecule has 0 fully saturated rings. The molecule has 1 rings (SSSR count). The first-order valence-corrected chi connectivity index (χ1v) is 5.07. The summed E-state index contributed by atoms with van der Waals surface area (Å²) in [6.45, 7) is 2.45. The first kappa shape index (κ1) is 11.9. The summed E-state index contributed by atoms with van der Waals surface area (Å²) >= 11 is 0. The molecule has 0 radical (unpaired) electrons. The minimum Gasteiger partial charge on any atom is -0.383 e. The van der Waals surface area contributed by atoms with E-state index in [0.717, 1.165) is 18.4 Å². The Morgan fingerprint density at radius 3 is 2.73 bits per heavy atom. The first-order chi connectivity index (χ1) is 7.22. The van der Waals surface area contributed by atoms with Crippen LogP contribution in [0.3, 0.4) is 0 Å². The Bertz CT molecular complexity index is 316. The third-order valence-electron chi connectivity index (χ3n) is 2.26. The number of hydrogen-bond acceptors (Lipinski definition) is 5. The van der Waals surface area contributed by atoms with Crippen molar-refractivity contribution >= 4 is 5.82 Å². The Morgan fingerprint density at radius 1 is 1.53 bits per heavy atom. The molecule has 5 nitrogen and oxygen atoms in total. The SMILES string of the molecule is CCCC(OC)c1ncc(CN)c(N)n1. The molecule has 0 aromatic carbocycles. The highest BCUT2D eigenvalue weighted by molar-refractivity contribution is 5.37. The van der Waals surface area contributed by atoms with Crippen LogP contribution in [0.1, 0.15) is 37.3 Å². The highest BCUT2D eigenvalue weighted by atomic mass is 16.5. The van der Waals surface area contributed by atoms with Crippen molar-refractivity contribution < 1.29 is 4.74 Å². The molecule has 0 aliphatic rings. The van der Waals surface area contributed by atoms with E-state index in [1.54, 1.807) is 13.3 Å². The van der Waals surface area contributed by atoms with Gasteiger partial charge in [-0.15, -0.1) is 0 Å². The summed E-state index contributed by atoms with van der Waals surface area (Å²) in [5.41, 5.74) is 12.0. The van der Waals surface area contributed by atoms with Gasteiger partial charge in [0.1, 0.15) is 11.9 Å². The molecule has 0 saturated carbocycles. The largest absolute Gasteiger partial charge is 0.383 e. The molecule has 1 unspecified atom stereocenters. The third-order valence-corrected chi connectivity index (χ3v) is 2.26. The lowest BCUT2D eigenvalue weighted by Crippen LogP contribution is -2.11. The lowest BCUT2D eigenvalue weighted by Gasteiger charge is -2.13. The molecule has 0 bridgehead atoms. The van der Waals surface area contributed by atoms with E-state index >= 15 is 0 Å². The van der Waals surface area contributed by atoms with Crippen LogP contribution in [-0.2, 0) is 11.3 Å². The Kier molecular flexibility index (Phi) is 4.45. The van der Waals surface area contributed by atoms with Gasteiger partial charge < -0.3 is 16.2 Å². The van der Waals surface area contributed by atoms with E-state index in [1.165, 1.54) is 0 Å². The summed E-state index contributed by atoms with van der Waals surface area (Å²) < 4.78 is 5.29. The maximum Gasteiger partial charge on any atom is 0.159 e. The lowest BCUT2D eigenvalue weighted by atomic mass is 10.2. The van der Waals surface area contributed by atoms with Crippen LogP contribution < -0.4 is 11.5 Å². The van der Waals surface area contributed by atoms with Crippen LogP contribution in [0.15, 0.2) is 6.20 Å². The van der Waals surface area contributed by atoms with Crippen LogP contribution in [0.4, 0.5) is 5.82 Å². The van der Waals surface area contributed by atoms with Gasteiger partial charge in [0.05, 0.1) is 0 Å². The summed E-state index contributed by atoms with van der Waals surface area (Å²) in [4.78, 5) is 8.40. The van der Waals surface area contributed by atoms with E-state index in [2.05, 4.69) is 16.9 Å². The van der Waals surface area contributed by atoms with Gasteiger partial charge in [0.25, 0.3) is 0 Å². The number of rotatable bonds is 5. The number of aromatic nitrogens is 2. The maximum atomic E-state index is 5.73. The average molecular weight is 210 g/mol. The van der Waals surface area contributed by atoms with Gasteiger partial charge in [-0.2, -0.15) is 0 Å². The Hall–Kier alpha value is -1.20. The highest BCUT2D eigenvalue weighted by Crippen LogP contribution is 2.19. The summed E-state index contributed by atoms with van der Waals surface area (Å²) in [6.07, 6.45) is 3.49. The molecule has 84 valence electrons. The van der Waals surface area contributed by atoms with Crippen molar-refractivity contribution in [2.45, 2.75) is 32.4 Å². The van der Waals surface area contributed by atoms with Gasteiger partial charge in [-0.1, -0.05) is 13.3 Å². The molecule has 1 aromatic rings. The average Bonchev–Trinajstić information content (AvgIpc) is 2.25. The number of hydrogen-bond donors (Lipinski definition) is 2. The van der Waals surface area contributed by atoms with Crippen molar-refractivity contribution in [1.29, 1.82) is 0 Å². The second-order valence-electron chi connectivity index (χ2n) is 3.36. The second kappa shape index (κ2) is 5.63. The number of ether oxygens (including phenoxy) is 1. The Morgan fingerprint density at radius 2 is 2.27 bits per heavy atom. The smallest absolute Gasteiger partial charge is 0.159 e. The van der Waals surface area contributed by atoms with Crippen molar-refractivity contribution in [3.05, 3.63) is 17.6 Å². The summed E-state index contributed by atoms with van der Waals surface area (Å²) in [5, 5.41) is 0. The molecule has 1 heterocycles. The molecule has 5 heteroatoms. The van der Waals surface area contributed by atoms with Gasteiger partial charge in [-0.3, -0.25) is 0 Å². The molecule has 0 spiro atoms. The van der Waals surface area contributed by atoms with Crippen LogP contribution in [0.5, 0.6) is 0 Å². The van der Waals surface area contributed by atoms with E-state index in [-0.39, 0.29) is 6.10 Å². The van der Waals surface area contributed by atoms with Crippen LogP contribution >= 0.6 is 0 Å². The number of nitrogens with two attached hydrogens (primary N) is 2. The summed E-state index contributed by atoms with van der Waals surface area (Å²) in [7, 11) is 1.65. The molecule has 0 aliphatic heterocycles. The maximum absolute atomic E-state index is 5.73. The predicted molar refractivity (Wildman–Crippen MR) is 59.0 cm³/mol. The van der Waals surface area contributed by atoms with Gasteiger partial charge in [-0.25, -0.2) is 9.97 Å². The van der Waals surface area contributed by atoms with Crippen molar-refractivity contribution in [3.8, 4) is 0 Å². The number of anilines is 1. The second-order valence-corrected chi connectivity index (χ2v) is 3.36. The van der Waals surface area contributed by atoms with Gasteiger partial charge in [0.15, 0.2) is 5.82 Å². The third kappa shape index (κ3) is 2.87. The lowest BCUT2D eigenvalue weighted by molar-refractivity contribution is 0.0877. The fourth-order valence-electron chi connectivity index (χ4n) is 1.36. The molecule has 1 atom stereocenters. The predicted octanol–water partition coefficient (Wildman–Crippen LogP) is 1.01. The Labute approximate surface area is 89.9 Å². The molecular weight excluding hydrogens is 192 g/mol. The monoisotopic (exact) mass is 210 g/mol. The van der Waals surface area contributed by atoms with Gasteiger partial charge in [0.2, 0.25) is 0 Å². The normalized spacial score (nSPS) is 12.7. The molecule has 0 aliphatic carbocycles. The molecule has 0 saturated heterocycles. The van der Waals surface area contributed by atoms with Gasteiger partial charge in [-0.05, 0) is 6.42 Å². The van der Waals surface area contributed by atoms with E-state index in [4.69, 9.17) is 16.2 Å². The zero-order valence-electron chi connectivity index (χ0n) is 9.23. The standard InChI is InChI=1S/C10H18N4O/c1-3-4-8(15-2)10-13-6-7(5-11)9(12)14-10/h6,8H,3-5,11H2,1-2H3,(H2,12,13,14). The van der Waals surface area contributed by atoms with Gasteiger partial charge >= 0.3 is 0 Å². The zero-order valence-corrected chi connectivity index (χ0v) is 9.23. The Balaban J connectivity index is 2.89. The number of methoxy groups -OCH3 is 1. The first-order valence-electron chi connectivity index (χ1n) is 5.07. The van der Waals surface area contributed by atoms with E-state index in [1.807, 2.05) is 0 Å². The van der Waals surface area contributed by atoms with Crippen LogP contribution in [0.25, 0.3) is 0 Å². The van der Waals surface area contributed by atoms with Crippen molar-refractivity contribution in [1.82, 2.24) is 9.97 Å². The molecule has 0 amide bonds. The molecular formula is C10H18N4O. The molecule has 1 aromatic heterocycles. The number of nitrogens with zero attached hydrogens (tertiary/aromatic N) is 2. The van der Waals surface area contributed by atoms with Gasteiger partial charge in [0, 0.05) is 25.4 Å². The van der Waals surface area contributed by atoms with Crippen LogP contribution in [0, 0.1) is 0 Å². The topological polar surface area (TPSA) is 87.0 Å². The van der Waals surface area contributed by atoms with Crippen LogP contribution in [0.2, 0.25) is 0 Å². The van der Waals surface area contributed by atoms with Crippen molar-refractivity contribution in [2.24, 2.45) is 5.73 Å².